The van der Waals surface area contributed by atoms with Gasteiger partial charge in [0.1, 0.15) is 5.75 Å². The fourth-order valence-electron chi connectivity index (χ4n) is 2.89. The third-order valence-electron chi connectivity index (χ3n) is 4.49. The van der Waals surface area contributed by atoms with Crippen LogP contribution in [0.1, 0.15) is 30.1 Å². The number of piperidine rings is 1. The van der Waals surface area contributed by atoms with Gasteiger partial charge in [-0.25, -0.2) is 0 Å². The number of likely N-dealkylation sites (tertiary alicyclic amines) is 1. The summed E-state index contributed by atoms with van der Waals surface area (Å²) in [7, 11) is 1.82. The number of amides is 2. The number of nitrogens with one attached hydrogen (secondary N) is 2. The Morgan fingerprint density at radius 3 is 2.70 bits per heavy atom. The van der Waals surface area contributed by atoms with E-state index in [1.165, 1.54) is 23.1 Å². The highest BCUT2D eigenvalue weighted by Crippen LogP contribution is 2.25. The maximum atomic E-state index is 12.7. The molecule has 1 aliphatic heterocycles. The first kappa shape index (κ1) is 23.1. The number of rotatable bonds is 7. The van der Waals surface area contributed by atoms with Crippen LogP contribution in [0.15, 0.2) is 24.3 Å². The Hall–Kier alpha value is -1.93. The second kappa shape index (κ2) is 11.0. The van der Waals surface area contributed by atoms with Gasteiger partial charge in [-0.15, -0.1) is 12.4 Å². The predicted octanol–water partition coefficient (Wildman–Crippen LogP) is 2.29. The summed E-state index contributed by atoms with van der Waals surface area (Å²) in [5, 5.41) is 5.92. The van der Waals surface area contributed by atoms with Crippen LogP contribution in [0.3, 0.4) is 0 Å². The first-order valence-electron chi connectivity index (χ1n) is 8.70. The molecule has 0 aliphatic carbocycles. The molecule has 27 heavy (non-hydrogen) atoms. The first-order valence-corrected chi connectivity index (χ1v) is 8.70. The molecule has 1 aromatic rings. The van der Waals surface area contributed by atoms with Crippen LogP contribution >= 0.6 is 12.4 Å². The van der Waals surface area contributed by atoms with E-state index in [1.807, 2.05) is 14.0 Å². The Labute approximate surface area is 164 Å². The fraction of sp³-hybridized carbons (Fsp3) is 0.556. The van der Waals surface area contributed by atoms with Crippen molar-refractivity contribution >= 4 is 24.2 Å². The standard InChI is InChI=1S/C18H25F2N3O3.ClH/c1-12(21-2)10-22-16(24)13-6-5-9-23(11-13)17(25)14-7-3-4-8-15(14)26-18(19)20;/h3-4,7-8,12-13,18,21H,5-6,9-11H2,1-2H3,(H,22,24);1H. The Bertz CT molecular complexity index is 634. The van der Waals surface area contributed by atoms with Crippen LogP contribution in [0, 0.1) is 5.92 Å². The second-order valence-electron chi connectivity index (χ2n) is 6.40. The zero-order valence-electron chi connectivity index (χ0n) is 15.4. The van der Waals surface area contributed by atoms with Crippen LogP contribution in [-0.2, 0) is 4.79 Å². The highest BCUT2D eigenvalue weighted by atomic mass is 35.5. The lowest BCUT2D eigenvalue weighted by Gasteiger charge is -2.32. The van der Waals surface area contributed by atoms with Crippen LogP contribution < -0.4 is 15.4 Å². The van der Waals surface area contributed by atoms with Crippen molar-refractivity contribution in [2.45, 2.75) is 32.4 Å². The maximum absolute atomic E-state index is 12.7. The van der Waals surface area contributed by atoms with Crippen LogP contribution in [0.25, 0.3) is 0 Å². The van der Waals surface area contributed by atoms with E-state index in [-0.39, 0.29) is 48.1 Å². The molecule has 152 valence electrons. The lowest BCUT2D eigenvalue weighted by Crippen LogP contribution is -2.47. The molecule has 6 nitrogen and oxygen atoms in total. The van der Waals surface area contributed by atoms with Gasteiger partial charge < -0.3 is 20.3 Å². The second-order valence-corrected chi connectivity index (χ2v) is 6.40. The van der Waals surface area contributed by atoms with Crippen molar-refractivity contribution in [2.75, 3.05) is 26.7 Å². The Balaban J connectivity index is 0.00000364. The zero-order chi connectivity index (χ0) is 19.1. The Morgan fingerprint density at radius 2 is 2.04 bits per heavy atom. The molecule has 0 bridgehead atoms. The van der Waals surface area contributed by atoms with Gasteiger partial charge in [0.25, 0.3) is 5.91 Å². The number of hydrogen-bond acceptors (Lipinski definition) is 4. The molecule has 9 heteroatoms. The number of ether oxygens (including phenoxy) is 1. The van der Waals surface area contributed by atoms with Crippen LogP contribution in [-0.4, -0.2) is 56.0 Å². The number of hydrogen-bond donors (Lipinski definition) is 2. The van der Waals surface area contributed by atoms with Gasteiger partial charge in [-0.05, 0) is 38.9 Å². The molecule has 2 amide bonds. The highest BCUT2D eigenvalue weighted by molar-refractivity contribution is 5.97. The van der Waals surface area contributed by atoms with Gasteiger partial charge in [-0.1, -0.05) is 12.1 Å². The molecule has 0 saturated carbocycles. The molecule has 1 aromatic carbocycles. The Morgan fingerprint density at radius 1 is 1.33 bits per heavy atom. The van der Waals surface area contributed by atoms with Gasteiger partial charge in [0.15, 0.2) is 0 Å². The first-order chi connectivity index (χ1) is 12.4. The monoisotopic (exact) mass is 405 g/mol. The molecule has 1 aliphatic rings. The summed E-state index contributed by atoms with van der Waals surface area (Å²) in [5.41, 5.74) is 0.0812. The number of para-hydroxylation sites is 1. The van der Waals surface area contributed by atoms with Crippen LogP contribution in [0.4, 0.5) is 8.78 Å². The van der Waals surface area contributed by atoms with Crippen molar-refractivity contribution in [3.8, 4) is 5.75 Å². The van der Waals surface area contributed by atoms with Crippen molar-refractivity contribution in [1.82, 2.24) is 15.5 Å². The lowest BCUT2D eigenvalue weighted by molar-refractivity contribution is -0.126. The van der Waals surface area contributed by atoms with E-state index >= 15 is 0 Å². The number of benzene rings is 1. The van der Waals surface area contributed by atoms with Crippen molar-refractivity contribution in [2.24, 2.45) is 5.92 Å². The summed E-state index contributed by atoms with van der Waals surface area (Å²) in [5.74, 6) is -0.953. The molecule has 2 unspecified atom stereocenters. The van der Waals surface area contributed by atoms with E-state index in [2.05, 4.69) is 15.4 Å². The number of alkyl halides is 2. The van der Waals surface area contributed by atoms with Gasteiger partial charge in [0, 0.05) is 25.7 Å². The van der Waals surface area contributed by atoms with Crippen molar-refractivity contribution in [3.05, 3.63) is 29.8 Å². The molecule has 2 rings (SSSR count). The van der Waals surface area contributed by atoms with E-state index < -0.39 is 12.5 Å². The topological polar surface area (TPSA) is 70.7 Å². The quantitative estimate of drug-likeness (QED) is 0.730. The normalized spacial score (nSPS) is 17.8. The lowest BCUT2D eigenvalue weighted by atomic mass is 9.96. The molecular formula is C18H26ClF2N3O3. The van der Waals surface area contributed by atoms with Gasteiger partial charge >= 0.3 is 6.61 Å². The Kier molecular flexibility index (Phi) is 9.45. The molecule has 0 radical (unpaired) electrons. The summed E-state index contributed by atoms with van der Waals surface area (Å²) in [6, 6.07) is 6.08. The highest BCUT2D eigenvalue weighted by Gasteiger charge is 2.30. The molecule has 0 spiro atoms. The summed E-state index contributed by atoms with van der Waals surface area (Å²) in [6.45, 7) is 0.208. The maximum Gasteiger partial charge on any atom is 0.387 e. The molecule has 0 aromatic heterocycles. The van der Waals surface area contributed by atoms with Gasteiger partial charge in [0.2, 0.25) is 5.91 Å². The van der Waals surface area contributed by atoms with Crippen molar-refractivity contribution in [1.29, 1.82) is 0 Å². The van der Waals surface area contributed by atoms with E-state index in [9.17, 15) is 18.4 Å². The molecular weight excluding hydrogens is 380 g/mol. The van der Waals surface area contributed by atoms with Crippen LogP contribution in [0.2, 0.25) is 0 Å². The van der Waals surface area contributed by atoms with E-state index in [0.717, 1.165) is 0 Å². The zero-order valence-corrected chi connectivity index (χ0v) is 16.2. The van der Waals surface area contributed by atoms with Crippen LogP contribution in [0.5, 0.6) is 5.75 Å². The molecule has 2 N–H and O–H groups in total. The fourth-order valence-corrected chi connectivity index (χ4v) is 2.89. The number of carbonyl (C=O) groups is 2. The number of carbonyl (C=O) groups excluding carboxylic acids is 2. The van der Waals surface area contributed by atoms with Crippen molar-refractivity contribution < 1.29 is 23.1 Å². The number of likely N-dealkylation sites (N-methyl/N-ethyl adjacent to an activating group) is 1. The van der Waals surface area contributed by atoms with Crippen molar-refractivity contribution in [3.63, 3.8) is 0 Å². The number of nitrogens with zero attached hydrogens (tertiary/aromatic N) is 1. The smallest absolute Gasteiger partial charge is 0.387 e. The molecule has 2 atom stereocenters. The third-order valence-corrected chi connectivity index (χ3v) is 4.49. The van der Waals surface area contributed by atoms with E-state index in [1.54, 1.807) is 6.07 Å². The number of halogens is 3. The van der Waals surface area contributed by atoms with Gasteiger partial charge in [-0.3, -0.25) is 9.59 Å². The largest absolute Gasteiger partial charge is 0.434 e. The minimum absolute atomic E-state index is 0. The minimum atomic E-state index is -3.00. The summed E-state index contributed by atoms with van der Waals surface area (Å²) in [4.78, 5) is 26.6. The predicted molar refractivity (Wildman–Crippen MR) is 100 cm³/mol. The summed E-state index contributed by atoms with van der Waals surface area (Å²) < 4.78 is 29.5. The average Bonchev–Trinajstić information content (AvgIpc) is 2.65. The van der Waals surface area contributed by atoms with Gasteiger partial charge in [-0.2, -0.15) is 8.78 Å². The SMILES string of the molecule is CNC(C)CNC(=O)C1CCCN(C(=O)c2ccccc2OC(F)F)C1.Cl. The molecule has 1 heterocycles. The summed E-state index contributed by atoms with van der Waals surface area (Å²) in [6.07, 6.45) is 1.38. The third kappa shape index (κ3) is 6.62. The van der Waals surface area contributed by atoms with E-state index in [4.69, 9.17) is 0 Å². The average molecular weight is 406 g/mol. The molecule has 1 saturated heterocycles. The minimum Gasteiger partial charge on any atom is -0.434 e. The van der Waals surface area contributed by atoms with Gasteiger partial charge in [0.05, 0.1) is 11.5 Å². The summed E-state index contributed by atoms with van der Waals surface area (Å²) >= 11 is 0. The van der Waals surface area contributed by atoms with E-state index in [0.29, 0.717) is 25.9 Å². The molecule has 1 fully saturated rings.